The molecule has 35 heavy (non-hydrogen) atoms. The molecule has 0 aliphatic carbocycles. The van der Waals surface area contributed by atoms with Crippen LogP contribution >= 0.6 is 0 Å². The zero-order valence-corrected chi connectivity index (χ0v) is 22.9. The van der Waals surface area contributed by atoms with Gasteiger partial charge in [0.2, 0.25) is 11.8 Å². The Hall–Kier alpha value is -2.61. The molecule has 1 rings (SSSR count). The number of carbonyl (C=O) groups excluding carboxylic acids is 3. The number of alkyl carbamates (subject to hydrolysis) is 1. The Morgan fingerprint density at radius 1 is 1.09 bits per heavy atom. The van der Waals surface area contributed by atoms with Crippen LogP contribution < -0.4 is 10.6 Å². The molecule has 0 aliphatic rings. The van der Waals surface area contributed by atoms with Crippen molar-refractivity contribution in [2.24, 2.45) is 0 Å². The maximum Gasteiger partial charge on any atom is 0.408 e. The van der Waals surface area contributed by atoms with E-state index in [4.69, 9.17) is 4.74 Å². The van der Waals surface area contributed by atoms with Crippen LogP contribution in [0.2, 0.25) is 0 Å². The van der Waals surface area contributed by atoms with Gasteiger partial charge >= 0.3 is 6.09 Å². The molecule has 3 unspecified atom stereocenters. The summed E-state index contributed by atoms with van der Waals surface area (Å²) in [6.45, 7) is 16.1. The van der Waals surface area contributed by atoms with Crippen LogP contribution in [0.25, 0.3) is 0 Å². The predicted molar refractivity (Wildman–Crippen MR) is 138 cm³/mol. The first-order chi connectivity index (χ1) is 16.2. The Morgan fingerprint density at radius 3 is 2.20 bits per heavy atom. The van der Waals surface area contributed by atoms with E-state index in [2.05, 4.69) is 10.6 Å². The molecule has 0 spiro atoms. The maximum absolute atomic E-state index is 13.9. The fourth-order valence-electron chi connectivity index (χ4n) is 3.83. The standard InChI is InChI=1S/C27H45N3O5/c1-10-13-19(4)28-23(32)22(20-15-12-14-18(3)16-20)30(27(8,9)11-2)24(33)21(17-31)29-25(34)35-26(5,6)7/h12,14-16,19,21-22,31H,10-11,13,17H2,1-9H3,(H,28,32)(H,29,34). The van der Waals surface area contributed by atoms with Crippen LogP contribution in [0, 0.1) is 6.92 Å². The highest BCUT2D eigenvalue weighted by molar-refractivity contribution is 5.92. The lowest BCUT2D eigenvalue weighted by atomic mass is 9.91. The van der Waals surface area contributed by atoms with Gasteiger partial charge < -0.3 is 25.4 Å². The third-order valence-corrected chi connectivity index (χ3v) is 5.90. The summed E-state index contributed by atoms with van der Waals surface area (Å²) in [4.78, 5) is 41.5. The number of amides is 3. The van der Waals surface area contributed by atoms with Gasteiger partial charge in [-0.25, -0.2) is 4.79 Å². The quantitative estimate of drug-likeness (QED) is 0.429. The fourth-order valence-corrected chi connectivity index (χ4v) is 3.83. The monoisotopic (exact) mass is 491 g/mol. The highest BCUT2D eigenvalue weighted by atomic mass is 16.6. The minimum absolute atomic E-state index is 0.0740. The second kappa shape index (κ2) is 12.9. The molecule has 0 bridgehead atoms. The van der Waals surface area contributed by atoms with E-state index in [9.17, 15) is 19.5 Å². The summed E-state index contributed by atoms with van der Waals surface area (Å²) in [6.07, 6.45) is 1.44. The molecule has 0 radical (unpaired) electrons. The molecule has 0 fully saturated rings. The second-order valence-corrected chi connectivity index (χ2v) is 10.8. The number of benzene rings is 1. The maximum atomic E-state index is 13.9. The van der Waals surface area contributed by atoms with Crippen molar-refractivity contribution in [1.29, 1.82) is 0 Å². The smallest absolute Gasteiger partial charge is 0.408 e. The lowest BCUT2D eigenvalue weighted by Crippen LogP contribution is -2.60. The number of hydrogen-bond donors (Lipinski definition) is 3. The number of carbonyl (C=O) groups is 3. The van der Waals surface area contributed by atoms with Gasteiger partial charge in [-0.05, 0) is 66.9 Å². The Morgan fingerprint density at radius 2 is 1.71 bits per heavy atom. The molecule has 3 N–H and O–H groups in total. The number of nitrogens with zero attached hydrogens (tertiary/aromatic N) is 1. The van der Waals surface area contributed by atoms with E-state index >= 15 is 0 Å². The zero-order valence-electron chi connectivity index (χ0n) is 22.9. The molecule has 3 atom stereocenters. The summed E-state index contributed by atoms with van der Waals surface area (Å²) in [5, 5.41) is 15.6. The molecular formula is C27H45N3O5. The van der Waals surface area contributed by atoms with Gasteiger partial charge in [0.25, 0.3) is 0 Å². The number of rotatable bonds is 11. The Labute approximate surface area is 210 Å². The van der Waals surface area contributed by atoms with Crippen LogP contribution in [0.1, 0.15) is 91.8 Å². The van der Waals surface area contributed by atoms with Crippen molar-refractivity contribution in [1.82, 2.24) is 15.5 Å². The normalized spacial score (nSPS) is 14.5. The van der Waals surface area contributed by atoms with Gasteiger partial charge in [-0.15, -0.1) is 0 Å². The SMILES string of the molecule is CCCC(C)NC(=O)C(c1cccc(C)c1)N(C(=O)C(CO)NC(=O)OC(C)(C)C)C(C)(C)CC. The van der Waals surface area contributed by atoms with Crippen LogP contribution in [0.4, 0.5) is 4.79 Å². The number of aryl methyl sites for hydroxylation is 1. The van der Waals surface area contributed by atoms with Crippen molar-refractivity contribution in [3.63, 3.8) is 0 Å². The molecule has 1 aromatic carbocycles. The van der Waals surface area contributed by atoms with Gasteiger partial charge in [-0.2, -0.15) is 0 Å². The lowest BCUT2D eigenvalue weighted by Gasteiger charge is -2.44. The first-order valence-electron chi connectivity index (χ1n) is 12.5. The third-order valence-electron chi connectivity index (χ3n) is 5.90. The van der Waals surface area contributed by atoms with Crippen molar-refractivity contribution in [3.05, 3.63) is 35.4 Å². The number of aliphatic hydroxyl groups excluding tert-OH is 1. The largest absolute Gasteiger partial charge is 0.444 e. The van der Waals surface area contributed by atoms with E-state index in [0.717, 1.165) is 18.4 Å². The van der Waals surface area contributed by atoms with E-state index in [1.54, 1.807) is 20.8 Å². The van der Waals surface area contributed by atoms with Crippen molar-refractivity contribution >= 4 is 17.9 Å². The fraction of sp³-hybridized carbons (Fsp3) is 0.667. The topological polar surface area (TPSA) is 108 Å². The van der Waals surface area contributed by atoms with E-state index < -0.39 is 41.8 Å². The van der Waals surface area contributed by atoms with Gasteiger partial charge in [-0.1, -0.05) is 50.1 Å². The summed E-state index contributed by atoms with van der Waals surface area (Å²) in [6, 6.07) is 5.18. The van der Waals surface area contributed by atoms with Crippen LogP contribution in [0.15, 0.2) is 24.3 Å². The average Bonchev–Trinajstić information content (AvgIpc) is 2.73. The van der Waals surface area contributed by atoms with Crippen molar-refractivity contribution in [2.45, 2.75) is 111 Å². The molecule has 198 valence electrons. The molecule has 8 nitrogen and oxygen atoms in total. The van der Waals surface area contributed by atoms with Crippen LogP contribution in [-0.4, -0.2) is 57.7 Å². The summed E-state index contributed by atoms with van der Waals surface area (Å²) in [5.41, 5.74) is 0.0821. The van der Waals surface area contributed by atoms with Gasteiger partial charge in [0.15, 0.2) is 0 Å². The molecule has 0 aliphatic heterocycles. The second-order valence-electron chi connectivity index (χ2n) is 10.8. The first-order valence-corrected chi connectivity index (χ1v) is 12.5. The van der Waals surface area contributed by atoms with Crippen LogP contribution in [0.3, 0.4) is 0 Å². The minimum Gasteiger partial charge on any atom is -0.444 e. The van der Waals surface area contributed by atoms with Crippen molar-refractivity contribution < 1.29 is 24.2 Å². The van der Waals surface area contributed by atoms with Crippen LogP contribution in [0.5, 0.6) is 0 Å². The van der Waals surface area contributed by atoms with Gasteiger partial charge in [0.1, 0.15) is 17.7 Å². The predicted octanol–water partition coefficient (Wildman–Crippen LogP) is 4.24. The zero-order chi connectivity index (χ0) is 27.0. The summed E-state index contributed by atoms with van der Waals surface area (Å²) in [7, 11) is 0. The van der Waals surface area contributed by atoms with E-state index in [1.165, 1.54) is 4.90 Å². The number of hydrogen-bond acceptors (Lipinski definition) is 5. The molecule has 8 heteroatoms. The molecule has 0 saturated carbocycles. The number of ether oxygens (including phenoxy) is 1. The first kappa shape index (κ1) is 30.4. The minimum atomic E-state index is -1.27. The Kier molecular flexibility index (Phi) is 11.2. The lowest BCUT2D eigenvalue weighted by molar-refractivity contribution is -0.150. The Balaban J connectivity index is 3.54. The third kappa shape index (κ3) is 9.17. The summed E-state index contributed by atoms with van der Waals surface area (Å²) >= 11 is 0. The molecule has 0 saturated heterocycles. The summed E-state index contributed by atoms with van der Waals surface area (Å²) in [5.74, 6) is -0.865. The number of aliphatic hydroxyl groups is 1. The van der Waals surface area contributed by atoms with Gasteiger partial charge in [0.05, 0.1) is 6.61 Å². The molecule has 1 aromatic rings. The van der Waals surface area contributed by atoms with Crippen molar-refractivity contribution in [3.8, 4) is 0 Å². The van der Waals surface area contributed by atoms with E-state index in [1.807, 2.05) is 65.8 Å². The highest BCUT2D eigenvalue weighted by Crippen LogP contribution is 2.32. The van der Waals surface area contributed by atoms with Gasteiger partial charge in [-0.3, -0.25) is 9.59 Å². The van der Waals surface area contributed by atoms with E-state index in [0.29, 0.717) is 12.0 Å². The number of nitrogens with one attached hydrogen (secondary N) is 2. The molecular weight excluding hydrogens is 446 g/mol. The van der Waals surface area contributed by atoms with Gasteiger partial charge in [0, 0.05) is 11.6 Å². The highest BCUT2D eigenvalue weighted by Gasteiger charge is 2.43. The van der Waals surface area contributed by atoms with Crippen molar-refractivity contribution in [2.75, 3.05) is 6.61 Å². The summed E-state index contributed by atoms with van der Waals surface area (Å²) < 4.78 is 5.29. The Bertz CT molecular complexity index is 863. The molecule has 0 aromatic heterocycles. The molecule has 0 heterocycles. The van der Waals surface area contributed by atoms with Crippen LogP contribution in [-0.2, 0) is 14.3 Å². The van der Waals surface area contributed by atoms with E-state index in [-0.39, 0.29) is 11.9 Å². The molecule has 3 amide bonds. The average molecular weight is 492 g/mol.